The monoisotopic (exact) mass is 349 g/mol. The van der Waals surface area contributed by atoms with E-state index in [4.69, 9.17) is 0 Å². The number of hydrogen-bond donors (Lipinski definition) is 0. The number of rotatable bonds is 5. The minimum absolute atomic E-state index is 0.0649. The predicted octanol–water partition coefficient (Wildman–Crippen LogP) is 2.53. The van der Waals surface area contributed by atoms with Crippen LogP contribution in [-0.4, -0.2) is 43.8 Å². The summed E-state index contributed by atoms with van der Waals surface area (Å²) in [4.78, 5) is 13.9. The summed E-state index contributed by atoms with van der Waals surface area (Å²) in [5, 5.41) is 0. The van der Waals surface area contributed by atoms with Crippen LogP contribution in [0, 0.1) is 0 Å². The molecule has 1 aromatic carbocycles. The van der Waals surface area contributed by atoms with E-state index in [1.165, 1.54) is 42.4 Å². The zero-order valence-corrected chi connectivity index (χ0v) is 15.3. The van der Waals surface area contributed by atoms with E-state index in [1.807, 2.05) is 0 Å². The number of amides is 1. The molecule has 0 aromatic heterocycles. The molecule has 1 aliphatic heterocycles. The summed E-state index contributed by atoms with van der Waals surface area (Å²) >= 11 is 0. The molecule has 1 aliphatic carbocycles. The van der Waals surface area contributed by atoms with E-state index < -0.39 is 9.84 Å². The van der Waals surface area contributed by atoms with E-state index >= 15 is 0 Å². The molecular formula is C19H27NO3S. The molecule has 24 heavy (non-hydrogen) atoms. The van der Waals surface area contributed by atoms with Gasteiger partial charge in [-0.05, 0) is 61.6 Å². The minimum Gasteiger partial charge on any atom is -0.342 e. The SMILES string of the molecule is CN(C(=O)CCCc1ccc2c(c1)CCCC2)C1CCS(=O)(=O)C1. The Morgan fingerprint density at radius 1 is 1.21 bits per heavy atom. The molecule has 4 nitrogen and oxygen atoms in total. The zero-order chi connectivity index (χ0) is 17.2. The van der Waals surface area contributed by atoms with Gasteiger partial charge in [0.05, 0.1) is 11.5 Å². The molecule has 0 spiro atoms. The number of hydrogen-bond acceptors (Lipinski definition) is 3. The van der Waals surface area contributed by atoms with Crippen molar-refractivity contribution < 1.29 is 13.2 Å². The molecule has 1 aromatic rings. The van der Waals surface area contributed by atoms with Crippen LogP contribution in [0.3, 0.4) is 0 Å². The van der Waals surface area contributed by atoms with Crippen molar-refractivity contribution in [2.24, 2.45) is 0 Å². The van der Waals surface area contributed by atoms with Gasteiger partial charge in [-0.3, -0.25) is 4.79 Å². The number of benzene rings is 1. The van der Waals surface area contributed by atoms with Crippen molar-refractivity contribution in [3.05, 3.63) is 34.9 Å². The number of carbonyl (C=O) groups excluding carboxylic acids is 1. The van der Waals surface area contributed by atoms with Gasteiger partial charge in [0.25, 0.3) is 0 Å². The molecule has 5 heteroatoms. The number of nitrogens with zero attached hydrogens (tertiary/aromatic N) is 1. The Hall–Kier alpha value is -1.36. The molecule has 132 valence electrons. The van der Waals surface area contributed by atoms with Crippen molar-refractivity contribution in [3.8, 4) is 0 Å². The summed E-state index contributed by atoms with van der Waals surface area (Å²) in [6.45, 7) is 0. The van der Waals surface area contributed by atoms with Gasteiger partial charge < -0.3 is 4.90 Å². The van der Waals surface area contributed by atoms with Gasteiger partial charge in [-0.15, -0.1) is 0 Å². The van der Waals surface area contributed by atoms with Crippen LogP contribution in [0.1, 0.15) is 48.8 Å². The van der Waals surface area contributed by atoms with Gasteiger partial charge in [0.1, 0.15) is 0 Å². The van der Waals surface area contributed by atoms with Crippen LogP contribution >= 0.6 is 0 Å². The van der Waals surface area contributed by atoms with Crippen molar-refractivity contribution in [1.82, 2.24) is 4.90 Å². The largest absolute Gasteiger partial charge is 0.342 e. The Kier molecular flexibility index (Phi) is 5.28. The summed E-state index contributed by atoms with van der Waals surface area (Å²) in [5.74, 6) is 0.403. The highest BCUT2D eigenvalue weighted by atomic mass is 32.2. The number of aryl methyl sites for hydroxylation is 3. The van der Waals surface area contributed by atoms with Gasteiger partial charge in [-0.2, -0.15) is 0 Å². The Balaban J connectivity index is 1.48. The molecule has 0 N–H and O–H groups in total. The second-order valence-corrected chi connectivity index (χ2v) is 9.45. The summed E-state index contributed by atoms with van der Waals surface area (Å²) in [6.07, 6.45) is 7.76. The first-order valence-corrected chi connectivity index (χ1v) is 10.8. The van der Waals surface area contributed by atoms with E-state index in [9.17, 15) is 13.2 Å². The highest BCUT2D eigenvalue weighted by Crippen LogP contribution is 2.23. The fourth-order valence-electron chi connectivity index (χ4n) is 3.85. The van der Waals surface area contributed by atoms with Gasteiger partial charge in [0.15, 0.2) is 9.84 Å². The van der Waals surface area contributed by atoms with E-state index in [2.05, 4.69) is 18.2 Å². The fourth-order valence-corrected chi connectivity index (χ4v) is 5.62. The van der Waals surface area contributed by atoms with Gasteiger partial charge in [0, 0.05) is 19.5 Å². The lowest BCUT2D eigenvalue weighted by Crippen LogP contribution is -2.37. The zero-order valence-electron chi connectivity index (χ0n) is 14.5. The van der Waals surface area contributed by atoms with Gasteiger partial charge in [-0.1, -0.05) is 18.2 Å². The summed E-state index contributed by atoms with van der Waals surface area (Å²) in [6, 6.07) is 6.63. The molecule has 1 unspecified atom stereocenters. The van der Waals surface area contributed by atoms with E-state index in [1.54, 1.807) is 11.9 Å². The molecule has 0 radical (unpaired) electrons. The molecular weight excluding hydrogens is 322 g/mol. The van der Waals surface area contributed by atoms with Crippen molar-refractivity contribution >= 4 is 15.7 Å². The summed E-state index contributed by atoms with van der Waals surface area (Å²) < 4.78 is 23.1. The molecule has 1 fully saturated rings. The quantitative estimate of drug-likeness (QED) is 0.821. The first-order valence-electron chi connectivity index (χ1n) is 9.01. The standard InChI is InChI=1S/C19H27NO3S/c1-20(18-11-12-24(22,23)14-18)19(21)8-4-5-15-9-10-16-6-2-3-7-17(16)13-15/h9-10,13,18H,2-8,11-12,14H2,1H3. The van der Waals surface area contributed by atoms with E-state index in [0.717, 1.165) is 12.8 Å². The first-order chi connectivity index (χ1) is 11.4. The van der Waals surface area contributed by atoms with Crippen molar-refractivity contribution in [1.29, 1.82) is 0 Å². The number of sulfone groups is 1. The van der Waals surface area contributed by atoms with Crippen LogP contribution in [-0.2, 0) is 33.9 Å². The van der Waals surface area contributed by atoms with Crippen LogP contribution in [0.5, 0.6) is 0 Å². The predicted molar refractivity (Wildman–Crippen MR) is 95.9 cm³/mol. The third-order valence-corrected chi connectivity index (χ3v) is 7.17. The molecule has 1 heterocycles. The highest BCUT2D eigenvalue weighted by molar-refractivity contribution is 7.91. The van der Waals surface area contributed by atoms with Gasteiger partial charge >= 0.3 is 0 Å². The molecule has 0 saturated carbocycles. The molecule has 2 aliphatic rings. The van der Waals surface area contributed by atoms with Crippen LogP contribution in [0.25, 0.3) is 0 Å². The number of fused-ring (bicyclic) bond motifs is 1. The van der Waals surface area contributed by atoms with E-state index in [0.29, 0.717) is 12.8 Å². The fraction of sp³-hybridized carbons (Fsp3) is 0.632. The van der Waals surface area contributed by atoms with Crippen molar-refractivity contribution in [3.63, 3.8) is 0 Å². The molecule has 3 rings (SSSR count). The number of carbonyl (C=O) groups is 1. The van der Waals surface area contributed by atoms with Crippen LogP contribution in [0.4, 0.5) is 0 Å². The van der Waals surface area contributed by atoms with Gasteiger partial charge in [0.2, 0.25) is 5.91 Å². The molecule has 1 atom stereocenters. The maximum Gasteiger partial charge on any atom is 0.222 e. The lowest BCUT2D eigenvalue weighted by molar-refractivity contribution is -0.131. The lowest BCUT2D eigenvalue weighted by Gasteiger charge is -2.23. The lowest BCUT2D eigenvalue weighted by atomic mass is 9.89. The third kappa shape index (κ3) is 4.18. The Morgan fingerprint density at radius 2 is 1.96 bits per heavy atom. The minimum atomic E-state index is -2.94. The van der Waals surface area contributed by atoms with Crippen LogP contribution in [0.15, 0.2) is 18.2 Å². The smallest absolute Gasteiger partial charge is 0.222 e. The Bertz CT molecular complexity index is 711. The molecule has 1 saturated heterocycles. The van der Waals surface area contributed by atoms with E-state index in [-0.39, 0.29) is 23.5 Å². The van der Waals surface area contributed by atoms with Crippen LogP contribution < -0.4 is 0 Å². The second kappa shape index (κ2) is 7.26. The molecule has 1 amide bonds. The van der Waals surface area contributed by atoms with Crippen molar-refractivity contribution in [2.75, 3.05) is 18.6 Å². The average molecular weight is 349 g/mol. The normalized spacial score (nSPS) is 22.1. The Morgan fingerprint density at radius 3 is 2.67 bits per heavy atom. The Labute approximate surface area is 145 Å². The second-order valence-electron chi connectivity index (χ2n) is 7.23. The summed E-state index contributed by atoms with van der Waals surface area (Å²) in [7, 11) is -1.20. The first kappa shape index (κ1) is 17.5. The maximum absolute atomic E-state index is 12.3. The average Bonchev–Trinajstić information content (AvgIpc) is 2.94. The van der Waals surface area contributed by atoms with Crippen molar-refractivity contribution in [2.45, 2.75) is 57.4 Å². The third-order valence-electron chi connectivity index (χ3n) is 5.42. The maximum atomic E-state index is 12.3. The van der Waals surface area contributed by atoms with Crippen LogP contribution in [0.2, 0.25) is 0 Å². The highest BCUT2D eigenvalue weighted by Gasteiger charge is 2.32. The molecule has 0 bridgehead atoms. The summed E-state index contributed by atoms with van der Waals surface area (Å²) in [5.41, 5.74) is 4.29. The topological polar surface area (TPSA) is 54.5 Å². The van der Waals surface area contributed by atoms with Gasteiger partial charge in [-0.25, -0.2) is 8.42 Å².